The first-order chi connectivity index (χ1) is 8.38. The van der Waals surface area contributed by atoms with Crippen LogP contribution in [0.15, 0.2) is 35.5 Å². The molecule has 18 heavy (non-hydrogen) atoms. The van der Waals surface area contributed by atoms with Crippen LogP contribution in [0.25, 0.3) is 0 Å². The van der Waals surface area contributed by atoms with Crippen LogP contribution >= 0.6 is 0 Å². The van der Waals surface area contributed by atoms with Crippen molar-refractivity contribution in [3.63, 3.8) is 0 Å². The Morgan fingerprint density at radius 2 is 2.06 bits per heavy atom. The summed E-state index contributed by atoms with van der Waals surface area (Å²) in [6, 6.07) is 5.38. The molecular weight excluding hydrogens is 250 g/mol. The first-order valence-corrected chi connectivity index (χ1v) is 7.03. The Kier molecular flexibility index (Phi) is 3.23. The van der Waals surface area contributed by atoms with Crippen LogP contribution in [-0.4, -0.2) is 18.2 Å². The van der Waals surface area contributed by atoms with E-state index < -0.39 is 10.0 Å². The van der Waals surface area contributed by atoms with Gasteiger partial charge in [-0.15, -0.1) is 0 Å². The van der Waals surface area contributed by atoms with E-state index in [0.717, 1.165) is 11.1 Å². The zero-order valence-corrected chi connectivity index (χ0v) is 11.1. The standard InChI is InChI=1S/C12H15N3O2S/c1-9-6-11(8-15-5-3-4-14-15)7-12(10(9)2)18(13,16)17/h3-7H,8H2,1-2H3,(H2,13,16,17). The van der Waals surface area contributed by atoms with Crippen LogP contribution in [0.3, 0.4) is 0 Å². The maximum atomic E-state index is 11.5. The number of sulfonamides is 1. The lowest BCUT2D eigenvalue weighted by atomic mass is 10.1. The maximum Gasteiger partial charge on any atom is 0.238 e. The summed E-state index contributed by atoms with van der Waals surface area (Å²) in [6.45, 7) is 4.15. The van der Waals surface area contributed by atoms with Gasteiger partial charge >= 0.3 is 0 Å². The maximum absolute atomic E-state index is 11.5. The summed E-state index contributed by atoms with van der Waals surface area (Å²) in [6.07, 6.45) is 3.51. The van der Waals surface area contributed by atoms with Gasteiger partial charge in [0.25, 0.3) is 0 Å². The molecule has 0 aliphatic rings. The van der Waals surface area contributed by atoms with Crippen LogP contribution in [0.5, 0.6) is 0 Å². The molecular formula is C12H15N3O2S. The first-order valence-electron chi connectivity index (χ1n) is 5.48. The Morgan fingerprint density at radius 3 is 2.61 bits per heavy atom. The Hall–Kier alpha value is -1.66. The zero-order valence-electron chi connectivity index (χ0n) is 10.3. The third-order valence-electron chi connectivity index (χ3n) is 2.89. The average Bonchev–Trinajstić information content (AvgIpc) is 2.74. The van der Waals surface area contributed by atoms with Crippen molar-refractivity contribution in [3.8, 4) is 0 Å². The van der Waals surface area contributed by atoms with Gasteiger partial charge in [0, 0.05) is 12.4 Å². The number of hydrogen-bond acceptors (Lipinski definition) is 3. The van der Waals surface area contributed by atoms with Crippen molar-refractivity contribution in [1.29, 1.82) is 0 Å². The Bertz CT molecular complexity index is 661. The second kappa shape index (κ2) is 4.55. The minimum Gasteiger partial charge on any atom is -0.268 e. The number of hydrogen-bond donors (Lipinski definition) is 1. The van der Waals surface area contributed by atoms with E-state index >= 15 is 0 Å². The molecule has 2 rings (SSSR count). The van der Waals surface area contributed by atoms with Crippen molar-refractivity contribution in [1.82, 2.24) is 9.78 Å². The highest BCUT2D eigenvalue weighted by Crippen LogP contribution is 2.20. The molecule has 0 atom stereocenters. The van der Waals surface area contributed by atoms with Gasteiger partial charge in [-0.25, -0.2) is 13.6 Å². The minimum atomic E-state index is -3.69. The molecule has 2 aromatic rings. The minimum absolute atomic E-state index is 0.185. The molecule has 1 heterocycles. The van der Waals surface area contributed by atoms with Gasteiger partial charge < -0.3 is 0 Å². The van der Waals surface area contributed by atoms with E-state index in [2.05, 4.69) is 5.10 Å². The molecule has 96 valence electrons. The van der Waals surface area contributed by atoms with E-state index in [1.165, 1.54) is 0 Å². The molecule has 0 bridgehead atoms. The predicted octanol–water partition coefficient (Wildman–Crippen LogP) is 1.20. The fourth-order valence-electron chi connectivity index (χ4n) is 1.87. The molecule has 1 aromatic heterocycles. The SMILES string of the molecule is Cc1cc(Cn2cccn2)cc(S(N)(=O)=O)c1C. The molecule has 1 aromatic carbocycles. The lowest BCUT2D eigenvalue weighted by Gasteiger charge is -2.10. The van der Waals surface area contributed by atoms with Gasteiger partial charge in [-0.05, 0) is 42.7 Å². The topological polar surface area (TPSA) is 78.0 Å². The lowest BCUT2D eigenvalue weighted by molar-refractivity contribution is 0.596. The van der Waals surface area contributed by atoms with Crippen molar-refractivity contribution in [2.75, 3.05) is 0 Å². The third-order valence-corrected chi connectivity index (χ3v) is 3.93. The molecule has 6 heteroatoms. The third kappa shape index (κ3) is 2.60. The van der Waals surface area contributed by atoms with Crippen LogP contribution in [0.1, 0.15) is 16.7 Å². The number of nitrogens with two attached hydrogens (primary N) is 1. The predicted molar refractivity (Wildman–Crippen MR) is 68.6 cm³/mol. The summed E-state index contributed by atoms with van der Waals surface area (Å²) in [7, 11) is -3.69. The smallest absolute Gasteiger partial charge is 0.238 e. The molecule has 0 aliphatic carbocycles. The molecule has 0 aliphatic heterocycles. The monoisotopic (exact) mass is 265 g/mol. The van der Waals surface area contributed by atoms with Gasteiger partial charge in [0.15, 0.2) is 0 Å². The van der Waals surface area contributed by atoms with Crippen LogP contribution in [0.4, 0.5) is 0 Å². The van der Waals surface area contributed by atoms with Crippen LogP contribution in [-0.2, 0) is 16.6 Å². The summed E-state index contributed by atoms with van der Waals surface area (Å²) in [4.78, 5) is 0.185. The van der Waals surface area contributed by atoms with E-state index in [1.807, 2.05) is 25.3 Å². The van der Waals surface area contributed by atoms with Crippen molar-refractivity contribution in [2.24, 2.45) is 5.14 Å². The van der Waals surface area contributed by atoms with Crippen LogP contribution in [0.2, 0.25) is 0 Å². The average molecular weight is 265 g/mol. The summed E-state index contributed by atoms with van der Waals surface area (Å²) in [5, 5.41) is 9.31. The van der Waals surface area contributed by atoms with Crippen LogP contribution in [0, 0.1) is 13.8 Å². The second-order valence-corrected chi connectivity index (χ2v) is 5.81. The Balaban J connectivity index is 2.48. The number of aromatic nitrogens is 2. The molecule has 0 unspecified atom stereocenters. The highest BCUT2D eigenvalue weighted by molar-refractivity contribution is 7.89. The summed E-state index contributed by atoms with van der Waals surface area (Å²) in [5.41, 5.74) is 2.47. The number of nitrogens with zero attached hydrogens (tertiary/aromatic N) is 2. The second-order valence-electron chi connectivity index (χ2n) is 4.28. The van der Waals surface area contributed by atoms with Gasteiger partial charge in [0.2, 0.25) is 10.0 Å². The zero-order chi connectivity index (χ0) is 13.3. The van der Waals surface area contributed by atoms with E-state index in [9.17, 15) is 8.42 Å². The fraction of sp³-hybridized carbons (Fsp3) is 0.250. The van der Waals surface area contributed by atoms with Crippen molar-refractivity contribution in [2.45, 2.75) is 25.3 Å². The number of aryl methyl sites for hydroxylation is 1. The van der Waals surface area contributed by atoms with Gasteiger partial charge in [0.05, 0.1) is 11.4 Å². The molecule has 2 N–H and O–H groups in total. The Labute approximate surface area is 106 Å². The van der Waals surface area contributed by atoms with Crippen molar-refractivity contribution >= 4 is 10.0 Å². The highest BCUT2D eigenvalue weighted by Gasteiger charge is 2.14. The van der Waals surface area contributed by atoms with Crippen molar-refractivity contribution < 1.29 is 8.42 Å². The quantitative estimate of drug-likeness (QED) is 0.905. The molecule has 0 spiro atoms. The number of rotatable bonds is 3. The summed E-state index contributed by atoms with van der Waals surface area (Å²) >= 11 is 0. The van der Waals surface area contributed by atoms with Crippen molar-refractivity contribution in [3.05, 3.63) is 47.3 Å². The normalized spacial score (nSPS) is 11.7. The fourth-order valence-corrected chi connectivity index (χ4v) is 2.77. The van der Waals surface area contributed by atoms with Gasteiger partial charge in [-0.1, -0.05) is 6.07 Å². The Morgan fingerprint density at radius 1 is 1.33 bits per heavy atom. The summed E-state index contributed by atoms with van der Waals surface area (Å²) in [5.74, 6) is 0. The lowest BCUT2D eigenvalue weighted by Crippen LogP contribution is -2.15. The number of benzene rings is 1. The molecule has 0 saturated carbocycles. The molecule has 5 nitrogen and oxygen atoms in total. The largest absolute Gasteiger partial charge is 0.268 e. The van der Waals surface area contributed by atoms with E-state index in [0.29, 0.717) is 12.1 Å². The molecule has 0 fully saturated rings. The van der Waals surface area contributed by atoms with E-state index in [-0.39, 0.29) is 4.90 Å². The highest BCUT2D eigenvalue weighted by atomic mass is 32.2. The molecule has 0 saturated heterocycles. The van der Waals surface area contributed by atoms with E-state index in [4.69, 9.17) is 5.14 Å². The molecule has 0 amide bonds. The summed E-state index contributed by atoms with van der Waals surface area (Å²) < 4.78 is 24.8. The number of primary sulfonamides is 1. The van der Waals surface area contributed by atoms with E-state index in [1.54, 1.807) is 23.9 Å². The first kappa shape index (κ1) is 12.8. The van der Waals surface area contributed by atoms with Gasteiger partial charge in [-0.3, -0.25) is 4.68 Å². The van der Waals surface area contributed by atoms with Gasteiger partial charge in [-0.2, -0.15) is 5.10 Å². The van der Waals surface area contributed by atoms with Gasteiger partial charge in [0.1, 0.15) is 0 Å². The molecule has 0 radical (unpaired) electrons. The van der Waals surface area contributed by atoms with Crippen LogP contribution < -0.4 is 5.14 Å².